The molecule has 116 valence electrons. The number of nitrogens with two attached hydrogens (primary N) is 1. The van der Waals surface area contributed by atoms with Crippen molar-refractivity contribution in [3.8, 4) is 0 Å². The fourth-order valence-electron chi connectivity index (χ4n) is 1.82. The van der Waals surface area contributed by atoms with Crippen LogP contribution in [-0.4, -0.2) is 6.03 Å². The lowest BCUT2D eigenvalue weighted by molar-refractivity contribution is -0.137. The zero-order chi connectivity index (χ0) is 16.3. The van der Waals surface area contributed by atoms with Gasteiger partial charge in [0.1, 0.15) is 0 Å². The summed E-state index contributed by atoms with van der Waals surface area (Å²) >= 11 is 1.35. The summed E-state index contributed by atoms with van der Waals surface area (Å²) in [4.78, 5) is 12.4. The fourth-order valence-corrected chi connectivity index (χ4v) is 2.70. The van der Waals surface area contributed by atoms with Crippen LogP contribution in [0.1, 0.15) is 11.1 Å². The Hall–Kier alpha value is -2.15. The number of amides is 2. The Morgan fingerprint density at radius 3 is 2.27 bits per heavy atom. The van der Waals surface area contributed by atoms with Gasteiger partial charge in [0.05, 0.1) is 5.56 Å². The number of carbonyl (C=O) groups is 1. The van der Waals surface area contributed by atoms with E-state index in [2.05, 4.69) is 5.32 Å². The fraction of sp³-hybridized carbons (Fsp3) is 0.133. The average Bonchev–Trinajstić information content (AvgIpc) is 2.41. The summed E-state index contributed by atoms with van der Waals surface area (Å²) in [5.41, 5.74) is 5.82. The molecular weight excluding hydrogens is 313 g/mol. The Balaban J connectivity index is 2.15. The summed E-state index contributed by atoms with van der Waals surface area (Å²) in [7, 11) is 0. The number of nitrogens with one attached hydrogen (secondary N) is 1. The highest BCUT2D eigenvalue weighted by molar-refractivity contribution is 7.99. The zero-order valence-corrected chi connectivity index (χ0v) is 12.4. The van der Waals surface area contributed by atoms with Crippen molar-refractivity contribution in [1.29, 1.82) is 0 Å². The molecule has 0 aliphatic carbocycles. The molecule has 22 heavy (non-hydrogen) atoms. The first-order chi connectivity index (χ1) is 10.3. The van der Waals surface area contributed by atoms with E-state index in [-0.39, 0.29) is 0 Å². The number of primary amides is 1. The van der Waals surface area contributed by atoms with E-state index in [1.54, 1.807) is 18.2 Å². The van der Waals surface area contributed by atoms with Gasteiger partial charge in [-0.15, -0.1) is 0 Å². The van der Waals surface area contributed by atoms with Crippen LogP contribution in [0.5, 0.6) is 0 Å². The number of benzene rings is 2. The number of aryl methyl sites for hydroxylation is 1. The summed E-state index contributed by atoms with van der Waals surface area (Å²) < 4.78 is 37.5. The van der Waals surface area contributed by atoms with Crippen molar-refractivity contribution in [2.45, 2.75) is 22.9 Å². The average molecular weight is 326 g/mol. The maximum Gasteiger partial charge on any atom is 0.416 e. The summed E-state index contributed by atoms with van der Waals surface area (Å²) in [5.74, 6) is 0. The van der Waals surface area contributed by atoms with Crippen LogP contribution in [0.3, 0.4) is 0 Å². The second kappa shape index (κ2) is 6.31. The molecule has 7 heteroatoms. The summed E-state index contributed by atoms with van der Waals surface area (Å²) in [6, 6.07) is 9.54. The van der Waals surface area contributed by atoms with Gasteiger partial charge in [0.15, 0.2) is 0 Å². The standard InChI is InChI=1S/C15H13F3N2OS/c1-9-8-11(20-14(19)21)4-7-13(9)22-12-5-2-10(3-6-12)15(16,17)18/h2-8H,1H3,(H3,19,20,21). The van der Waals surface area contributed by atoms with Gasteiger partial charge in [-0.3, -0.25) is 0 Å². The number of urea groups is 1. The molecule has 2 rings (SSSR count). The van der Waals surface area contributed by atoms with E-state index in [9.17, 15) is 18.0 Å². The number of rotatable bonds is 3. The Kier molecular flexibility index (Phi) is 4.65. The normalized spacial score (nSPS) is 11.3. The van der Waals surface area contributed by atoms with Crippen LogP contribution in [0.15, 0.2) is 52.3 Å². The number of halogens is 3. The van der Waals surface area contributed by atoms with Crippen LogP contribution >= 0.6 is 11.8 Å². The molecule has 0 aliphatic rings. The lowest BCUT2D eigenvalue weighted by Gasteiger charge is -2.10. The Morgan fingerprint density at radius 2 is 1.77 bits per heavy atom. The van der Waals surface area contributed by atoms with Crippen LogP contribution in [0.4, 0.5) is 23.7 Å². The highest BCUT2D eigenvalue weighted by Crippen LogP contribution is 2.34. The first-order valence-corrected chi connectivity index (χ1v) is 7.09. The predicted octanol–water partition coefficient (Wildman–Crippen LogP) is 4.66. The van der Waals surface area contributed by atoms with Gasteiger partial charge >= 0.3 is 12.2 Å². The number of anilines is 1. The summed E-state index contributed by atoms with van der Waals surface area (Å²) in [6.07, 6.45) is -4.33. The molecule has 0 bridgehead atoms. The predicted molar refractivity (Wildman–Crippen MR) is 80.0 cm³/mol. The molecule has 2 amide bonds. The minimum absolute atomic E-state index is 0.571. The van der Waals surface area contributed by atoms with Crippen molar-refractivity contribution in [1.82, 2.24) is 0 Å². The third kappa shape index (κ3) is 4.17. The molecule has 0 aliphatic heterocycles. The second-order valence-electron chi connectivity index (χ2n) is 4.59. The van der Waals surface area contributed by atoms with Crippen molar-refractivity contribution in [3.63, 3.8) is 0 Å². The Bertz CT molecular complexity index is 684. The molecule has 0 saturated carbocycles. The lowest BCUT2D eigenvalue weighted by Crippen LogP contribution is -2.19. The van der Waals surface area contributed by atoms with Crippen LogP contribution in [0, 0.1) is 6.92 Å². The SMILES string of the molecule is Cc1cc(NC(N)=O)ccc1Sc1ccc(C(F)(F)F)cc1. The Morgan fingerprint density at radius 1 is 1.14 bits per heavy atom. The molecular formula is C15H13F3N2OS. The molecule has 3 N–H and O–H groups in total. The van der Waals surface area contributed by atoms with Crippen molar-refractivity contribution in [2.24, 2.45) is 5.73 Å². The van der Waals surface area contributed by atoms with E-state index in [4.69, 9.17) is 5.73 Å². The highest BCUT2D eigenvalue weighted by Gasteiger charge is 2.29. The van der Waals surface area contributed by atoms with Crippen LogP contribution in [-0.2, 0) is 6.18 Å². The van der Waals surface area contributed by atoms with E-state index in [1.807, 2.05) is 6.92 Å². The second-order valence-corrected chi connectivity index (χ2v) is 5.71. The Labute approximate surface area is 129 Å². The van der Waals surface area contributed by atoms with E-state index in [0.717, 1.165) is 22.6 Å². The van der Waals surface area contributed by atoms with Gasteiger partial charge in [-0.25, -0.2) is 4.79 Å². The zero-order valence-electron chi connectivity index (χ0n) is 11.6. The first-order valence-electron chi connectivity index (χ1n) is 6.28. The van der Waals surface area contributed by atoms with Crippen molar-refractivity contribution in [3.05, 3.63) is 53.6 Å². The van der Waals surface area contributed by atoms with Crippen LogP contribution < -0.4 is 11.1 Å². The van der Waals surface area contributed by atoms with Gasteiger partial charge in [-0.05, 0) is 55.0 Å². The highest BCUT2D eigenvalue weighted by atomic mass is 32.2. The molecule has 0 saturated heterocycles. The van der Waals surface area contributed by atoms with Crippen molar-refractivity contribution >= 4 is 23.5 Å². The number of hydrogen-bond donors (Lipinski definition) is 2. The van der Waals surface area contributed by atoms with E-state index in [1.165, 1.54) is 23.9 Å². The minimum atomic E-state index is -4.33. The molecule has 0 atom stereocenters. The topological polar surface area (TPSA) is 55.1 Å². The van der Waals surface area contributed by atoms with E-state index in [0.29, 0.717) is 10.6 Å². The minimum Gasteiger partial charge on any atom is -0.351 e. The molecule has 0 unspecified atom stereocenters. The van der Waals surface area contributed by atoms with Gasteiger partial charge in [0, 0.05) is 15.5 Å². The van der Waals surface area contributed by atoms with E-state index < -0.39 is 17.8 Å². The number of carbonyl (C=O) groups excluding carboxylic acids is 1. The third-order valence-corrected chi connectivity index (χ3v) is 4.04. The van der Waals surface area contributed by atoms with Crippen LogP contribution in [0.25, 0.3) is 0 Å². The molecule has 0 radical (unpaired) electrons. The quantitative estimate of drug-likeness (QED) is 0.862. The van der Waals surface area contributed by atoms with Gasteiger partial charge in [-0.1, -0.05) is 11.8 Å². The smallest absolute Gasteiger partial charge is 0.351 e. The maximum atomic E-state index is 12.5. The molecule has 3 nitrogen and oxygen atoms in total. The monoisotopic (exact) mass is 326 g/mol. The molecule has 0 heterocycles. The van der Waals surface area contributed by atoms with Crippen molar-refractivity contribution < 1.29 is 18.0 Å². The summed E-state index contributed by atoms with van der Waals surface area (Å²) in [6.45, 7) is 1.85. The largest absolute Gasteiger partial charge is 0.416 e. The van der Waals surface area contributed by atoms with E-state index >= 15 is 0 Å². The van der Waals surface area contributed by atoms with Gasteiger partial charge in [0.25, 0.3) is 0 Å². The van der Waals surface area contributed by atoms with Gasteiger partial charge < -0.3 is 11.1 Å². The summed E-state index contributed by atoms with van der Waals surface area (Å²) in [5, 5.41) is 2.47. The van der Waals surface area contributed by atoms with Gasteiger partial charge in [0.2, 0.25) is 0 Å². The van der Waals surface area contributed by atoms with Crippen molar-refractivity contribution in [2.75, 3.05) is 5.32 Å². The number of alkyl halides is 3. The lowest BCUT2D eigenvalue weighted by atomic mass is 10.2. The molecule has 0 fully saturated rings. The first kappa shape index (κ1) is 16.2. The van der Waals surface area contributed by atoms with Crippen LogP contribution in [0.2, 0.25) is 0 Å². The molecule has 2 aromatic rings. The molecule has 0 aromatic heterocycles. The maximum absolute atomic E-state index is 12.5. The molecule has 0 spiro atoms. The van der Waals surface area contributed by atoms with Gasteiger partial charge in [-0.2, -0.15) is 13.2 Å². The molecule has 2 aromatic carbocycles. The third-order valence-electron chi connectivity index (χ3n) is 2.85. The number of hydrogen-bond acceptors (Lipinski definition) is 2.